The number of hydrogen-bond donors (Lipinski definition) is 2. The molecule has 8 heteroatoms. The first-order valence-corrected chi connectivity index (χ1v) is 11.3. The molecule has 0 spiro atoms. The van der Waals surface area contributed by atoms with Crippen LogP contribution in [0.5, 0.6) is 0 Å². The van der Waals surface area contributed by atoms with Crippen LogP contribution in [0, 0.1) is 11.3 Å². The average molecular weight is 443 g/mol. The third-order valence-electron chi connectivity index (χ3n) is 6.38. The molecule has 1 aliphatic carbocycles. The first-order chi connectivity index (χ1) is 15.8. The van der Waals surface area contributed by atoms with Gasteiger partial charge in [0.1, 0.15) is 11.8 Å². The molecule has 4 aromatic rings. The molecule has 0 saturated heterocycles. The molecule has 33 heavy (non-hydrogen) atoms. The number of benzene rings is 1. The van der Waals surface area contributed by atoms with Crippen LogP contribution in [0.15, 0.2) is 42.7 Å². The Bertz CT molecular complexity index is 1400. The summed E-state index contributed by atoms with van der Waals surface area (Å²) in [6.07, 6.45) is 9.41. The van der Waals surface area contributed by atoms with E-state index >= 15 is 0 Å². The molecule has 0 atom stereocenters. The highest BCUT2D eigenvalue weighted by Gasteiger charge is 2.25. The SMILES string of the molecule is CC(C)(O)c1cc2nn(C3CCCCC3)cc2cc1NC(=O)c1ccc2cc(C#N)cnn12. The van der Waals surface area contributed by atoms with E-state index < -0.39 is 5.60 Å². The number of amides is 1. The Labute approximate surface area is 191 Å². The summed E-state index contributed by atoms with van der Waals surface area (Å²) in [4.78, 5) is 13.2. The normalized spacial score (nSPS) is 15.1. The van der Waals surface area contributed by atoms with Gasteiger partial charge in [0.2, 0.25) is 0 Å². The van der Waals surface area contributed by atoms with E-state index in [1.54, 1.807) is 32.0 Å². The summed E-state index contributed by atoms with van der Waals surface area (Å²) in [6, 6.07) is 11.3. The molecule has 1 fully saturated rings. The minimum atomic E-state index is -1.17. The van der Waals surface area contributed by atoms with Crippen molar-refractivity contribution in [1.82, 2.24) is 19.4 Å². The van der Waals surface area contributed by atoms with E-state index in [9.17, 15) is 9.90 Å². The van der Waals surface area contributed by atoms with E-state index in [1.807, 2.05) is 23.0 Å². The smallest absolute Gasteiger partial charge is 0.274 e. The predicted molar refractivity (Wildman–Crippen MR) is 125 cm³/mol. The largest absolute Gasteiger partial charge is 0.386 e. The number of carbonyl (C=O) groups excluding carboxylic acids is 1. The fourth-order valence-electron chi connectivity index (χ4n) is 4.65. The molecule has 1 aromatic carbocycles. The molecule has 1 aliphatic rings. The topological polar surface area (TPSA) is 108 Å². The molecular weight excluding hydrogens is 416 g/mol. The fourth-order valence-corrected chi connectivity index (χ4v) is 4.65. The van der Waals surface area contributed by atoms with Gasteiger partial charge in [0, 0.05) is 22.8 Å². The summed E-state index contributed by atoms with van der Waals surface area (Å²) in [7, 11) is 0. The second-order valence-corrected chi connectivity index (χ2v) is 9.28. The maximum absolute atomic E-state index is 13.2. The van der Waals surface area contributed by atoms with Crippen molar-refractivity contribution in [3.8, 4) is 6.07 Å². The van der Waals surface area contributed by atoms with Gasteiger partial charge in [-0.1, -0.05) is 19.3 Å². The molecule has 1 saturated carbocycles. The molecule has 8 nitrogen and oxygen atoms in total. The number of rotatable bonds is 4. The molecule has 0 unspecified atom stereocenters. The number of nitrogens with zero attached hydrogens (tertiary/aromatic N) is 5. The second kappa shape index (κ2) is 8.01. The highest BCUT2D eigenvalue weighted by atomic mass is 16.3. The van der Waals surface area contributed by atoms with Crippen molar-refractivity contribution in [3.63, 3.8) is 0 Å². The third kappa shape index (κ3) is 3.96. The van der Waals surface area contributed by atoms with E-state index in [4.69, 9.17) is 10.4 Å². The van der Waals surface area contributed by atoms with Gasteiger partial charge in [-0.25, -0.2) is 4.52 Å². The van der Waals surface area contributed by atoms with Crippen molar-refractivity contribution in [2.45, 2.75) is 57.6 Å². The van der Waals surface area contributed by atoms with Crippen LogP contribution in [0.4, 0.5) is 5.69 Å². The number of aromatic nitrogens is 4. The number of aliphatic hydroxyl groups is 1. The van der Waals surface area contributed by atoms with Gasteiger partial charge in [-0.05, 0) is 57.0 Å². The zero-order chi connectivity index (χ0) is 23.2. The highest BCUT2D eigenvalue weighted by Crippen LogP contribution is 2.34. The maximum Gasteiger partial charge on any atom is 0.274 e. The zero-order valence-corrected chi connectivity index (χ0v) is 18.7. The van der Waals surface area contributed by atoms with Gasteiger partial charge in [-0.2, -0.15) is 15.5 Å². The minimum absolute atomic E-state index is 0.342. The molecule has 0 radical (unpaired) electrons. The summed E-state index contributed by atoms with van der Waals surface area (Å²) >= 11 is 0. The quantitative estimate of drug-likeness (QED) is 0.482. The van der Waals surface area contributed by atoms with Crippen molar-refractivity contribution in [2.75, 3.05) is 5.32 Å². The van der Waals surface area contributed by atoms with Crippen LogP contribution in [0.2, 0.25) is 0 Å². The van der Waals surface area contributed by atoms with Gasteiger partial charge in [0.25, 0.3) is 5.91 Å². The van der Waals surface area contributed by atoms with E-state index in [0.717, 1.165) is 23.7 Å². The van der Waals surface area contributed by atoms with Gasteiger partial charge in [0.05, 0.1) is 34.4 Å². The van der Waals surface area contributed by atoms with Crippen molar-refractivity contribution in [2.24, 2.45) is 0 Å². The molecule has 0 bridgehead atoms. The second-order valence-electron chi connectivity index (χ2n) is 9.28. The average Bonchev–Trinajstić information content (AvgIpc) is 3.41. The zero-order valence-electron chi connectivity index (χ0n) is 18.7. The molecule has 2 N–H and O–H groups in total. The summed E-state index contributed by atoms with van der Waals surface area (Å²) in [5.74, 6) is -0.350. The van der Waals surface area contributed by atoms with Crippen LogP contribution in [-0.4, -0.2) is 30.4 Å². The van der Waals surface area contributed by atoms with Crippen molar-refractivity contribution < 1.29 is 9.90 Å². The Balaban J connectivity index is 1.52. The molecule has 0 aliphatic heterocycles. The number of fused-ring (bicyclic) bond motifs is 2. The maximum atomic E-state index is 13.2. The van der Waals surface area contributed by atoms with E-state index in [-0.39, 0.29) is 5.91 Å². The first-order valence-electron chi connectivity index (χ1n) is 11.3. The molecule has 168 valence electrons. The van der Waals surface area contributed by atoms with Crippen LogP contribution in [0.1, 0.15) is 73.6 Å². The number of anilines is 1. The monoisotopic (exact) mass is 442 g/mol. The Kier molecular flexibility index (Phi) is 5.14. The Morgan fingerprint density at radius 1 is 1.21 bits per heavy atom. The van der Waals surface area contributed by atoms with Crippen LogP contribution >= 0.6 is 0 Å². The van der Waals surface area contributed by atoms with Gasteiger partial charge in [-0.15, -0.1) is 0 Å². The Morgan fingerprint density at radius 2 is 2.00 bits per heavy atom. The van der Waals surface area contributed by atoms with Gasteiger partial charge in [-0.3, -0.25) is 9.48 Å². The molecular formula is C25H26N6O2. The van der Waals surface area contributed by atoms with Crippen molar-refractivity contribution >= 4 is 28.0 Å². The van der Waals surface area contributed by atoms with Gasteiger partial charge < -0.3 is 10.4 Å². The van der Waals surface area contributed by atoms with E-state index in [0.29, 0.717) is 34.1 Å². The lowest BCUT2D eigenvalue weighted by atomic mass is 9.95. The number of nitrogens with one attached hydrogen (secondary N) is 1. The Morgan fingerprint density at radius 3 is 2.73 bits per heavy atom. The standard InChI is InChI=1S/C25H26N6O2/c1-25(2,33)20-12-21-17(15-30(29-21)18-6-4-3-5-7-18)11-22(20)28-24(32)23-9-8-19-10-16(13-26)14-27-31(19)23/h8-12,14-15,18,33H,3-7H2,1-2H3,(H,28,32). The number of hydrogen-bond acceptors (Lipinski definition) is 5. The Hall–Kier alpha value is -3.70. The summed E-state index contributed by atoms with van der Waals surface area (Å²) in [6.45, 7) is 3.39. The van der Waals surface area contributed by atoms with Gasteiger partial charge >= 0.3 is 0 Å². The molecule has 3 heterocycles. The summed E-state index contributed by atoms with van der Waals surface area (Å²) in [5, 5.41) is 32.8. The van der Waals surface area contributed by atoms with Gasteiger partial charge in [0.15, 0.2) is 0 Å². The fraction of sp³-hybridized carbons (Fsp3) is 0.360. The third-order valence-corrected chi connectivity index (χ3v) is 6.38. The minimum Gasteiger partial charge on any atom is -0.386 e. The molecule has 1 amide bonds. The first kappa shape index (κ1) is 21.2. The molecule has 3 aromatic heterocycles. The van der Waals surface area contributed by atoms with Crippen molar-refractivity contribution in [3.05, 3.63) is 59.5 Å². The number of nitriles is 1. The van der Waals surface area contributed by atoms with E-state index in [2.05, 4.69) is 16.5 Å². The molecule has 5 rings (SSSR count). The summed E-state index contributed by atoms with van der Waals surface area (Å²) < 4.78 is 3.54. The summed E-state index contributed by atoms with van der Waals surface area (Å²) in [5.41, 5.74) is 2.18. The van der Waals surface area contributed by atoms with Crippen LogP contribution in [-0.2, 0) is 5.60 Å². The van der Waals surface area contributed by atoms with Crippen molar-refractivity contribution in [1.29, 1.82) is 5.26 Å². The lowest BCUT2D eigenvalue weighted by Gasteiger charge is -2.22. The van der Waals surface area contributed by atoms with Crippen LogP contribution in [0.3, 0.4) is 0 Å². The predicted octanol–water partition coefficient (Wildman–Crippen LogP) is 4.54. The highest BCUT2D eigenvalue weighted by molar-refractivity contribution is 6.05. The van der Waals surface area contributed by atoms with Crippen LogP contribution < -0.4 is 5.32 Å². The number of carbonyl (C=O) groups is 1. The van der Waals surface area contributed by atoms with Crippen LogP contribution in [0.25, 0.3) is 16.4 Å². The lowest BCUT2D eigenvalue weighted by Crippen LogP contribution is -2.22. The van der Waals surface area contributed by atoms with E-state index in [1.165, 1.54) is 30.0 Å². The lowest BCUT2D eigenvalue weighted by molar-refractivity contribution is 0.0793.